The van der Waals surface area contributed by atoms with Gasteiger partial charge in [-0.25, -0.2) is 9.48 Å². The van der Waals surface area contributed by atoms with E-state index in [2.05, 4.69) is 10.3 Å². The van der Waals surface area contributed by atoms with Crippen molar-refractivity contribution in [3.8, 4) is 0 Å². The molecular weight excluding hydrogens is 206 g/mol. The fourth-order valence-electron chi connectivity index (χ4n) is 1.61. The maximum Gasteiger partial charge on any atom is 0.337 e. The van der Waals surface area contributed by atoms with Crippen LogP contribution in [0, 0.1) is 0 Å². The number of hydrogen-bond donors (Lipinski definition) is 1. The minimum Gasteiger partial charge on any atom is -0.478 e. The molecule has 2 aromatic rings. The van der Waals surface area contributed by atoms with Crippen LogP contribution in [0.25, 0.3) is 11.0 Å². The van der Waals surface area contributed by atoms with E-state index < -0.39 is 5.97 Å². The minimum atomic E-state index is -0.960. The molecule has 0 aliphatic carbocycles. The highest BCUT2D eigenvalue weighted by molar-refractivity contribution is 6.00. The summed E-state index contributed by atoms with van der Waals surface area (Å²) in [6.45, 7) is 5.87. The zero-order valence-electron chi connectivity index (χ0n) is 9.43. The lowest BCUT2D eigenvalue weighted by Gasteiger charge is -2.19. The number of aromatic carboxylic acids is 1. The van der Waals surface area contributed by atoms with Crippen molar-refractivity contribution in [1.82, 2.24) is 15.0 Å². The van der Waals surface area contributed by atoms with Crippen molar-refractivity contribution in [3.63, 3.8) is 0 Å². The van der Waals surface area contributed by atoms with E-state index in [1.54, 1.807) is 22.9 Å². The lowest BCUT2D eigenvalue weighted by molar-refractivity contribution is 0.0698. The summed E-state index contributed by atoms with van der Waals surface area (Å²) in [5.74, 6) is -0.960. The molecule has 1 N–H and O–H groups in total. The smallest absolute Gasteiger partial charge is 0.337 e. The van der Waals surface area contributed by atoms with Crippen LogP contribution in [0.5, 0.6) is 0 Å². The molecule has 0 aliphatic rings. The Kier molecular flexibility index (Phi) is 2.18. The maximum absolute atomic E-state index is 11.1. The van der Waals surface area contributed by atoms with Crippen molar-refractivity contribution < 1.29 is 9.90 Å². The predicted molar refractivity (Wildman–Crippen MR) is 59.5 cm³/mol. The fraction of sp³-hybridized carbons (Fsp3) is 0.364. The largest absolute Gasteiger partial charge is 0.478 e. The first kappa shape index (κ1) is 10.6. The van der Waals surface area contributed by atoms with E-state index in [4.69, 9.17) is 5.11 Å². The van der Waals surface area contributed by atoms with E-state index in [-0.39, 0.29) is 11.1 Å². The molecule has 0 unspecified atom stereocenters. The lowest BCUT2D eigenvalue weighted by atomic mass is 10.1. The van der Waals surface area contributed by atoms with E-state index >= 15 is 0 Å². The van der Waals surface area contributed by atoms with Crippen molar-refractivity contribution in [2.75, 3.05) is 0 Å². The molecule has 84 valence electrons. The fourth-order valence-corrected chi connectivity index (χ4v) is 1.61. The first-order valence-corrected chi connectivity index (χ1v) is 4.99. The van der Waals surface area contributed by atoms with Crippen molar-refractivity contribution >= 4 is 17.0 Å². The summed E-state index contributed by atoms with van der Waals surface area (Å²) in [5, 5.41) is 17.1. The Morgan fingerprint density at radius 2 is 2.06 bits per heavy atom. The van der Waals surface area contributed by atoms with Crippen LogP contribution >= 0.6 is 0 Å². The molecule has 5 nitrogen and oxygen atoms in total. The standard InChI is InChI=1S/C11H13N3O2/c1-11(2,3)14-9-7(10(15)16)5-4-6-8(9)12-13-14/h4-6H,1-3H3,(H,15,16). The van der Waals surface area contributed by atoms with E-state index in [1.165, 1.54) is 0 Å². The molecule has 0 fully saturated rings. The van der Waals surface area contributed by atoms with Crippen molar-refractivity contribution in [3.05, 3.63) is 23.8 Å². The van der Waals surface area contributed by atoms with Gasteiger partial charge in [-0.15, -0.1) is 5.10 Å². The van der Waals surface area contributed by atoms with Gasteiger partial charge in [-0.2, -0.15) is 0 Å². The highest BCUT2D eigenvalue weighted by Gasteiger charge is 2.22. The molecule has 16 heavy (non-hydrogen) atoms. The zero-order valence-corrected chi connectivity index (χ0v) is 9.43. The number of fused-ring (bicyclic) bond motifs is 1. The molecule has 0 radical (unpaired) electrons. The Labute approximate surface area is 92.7 Å². The summed E-state index contributed by atoms with van der Waals surface area (Å²) in [5.41, 5.74) is 1.12. The first-order chi connectivity index (χ1) is 7.41. The normalized spacial score (nSPS) is 11.9. The number of carboxylic acids is 1. The number of rotatable bonds is 1. The summed E-state index contributed by atoms with van der Waals surface area (Å²) in [6.07, 6.45) is 0. The third-order valence-electron chi connectivity index (χ3n) is 2.33. The molecule has 0 bridgehead atoms. The number of aromatic nitrogens is 3. The highest BCUT2D eigenvalue weighted by atomic mass is 16.4. The van der Waals surface area contributed by atoms with E-state index in [1.807, 2.05) is 20.8 Å². The van der Waals surface area contributed by atoms with Gasteiger partial charge in [0.25, 0.3) is 0 Å². The van der Waals surface area contributed by atoms with Gasteiger partial charge >= 0.3 is 5.97 Å². The van der Waals surface area contributed by atoms with Gasteiger partial charge in [0.05, 0.1) is 11.1 Å². The van der Waals surface area contributed by atoms with Crippen LogP contribution in [0.4, 0.5) is 0 Å². The van der Waals surface area contributed by atoms with Crippen LogP contribution in [0.3, 0.4) is 0 Å². The molecule has 0 saturated carbocycles. The third-order valence-corrected chi connectivity index (χ3v) is 2.33. The van der Waals surface area contributed by atoms with Gasteiger partial charge in [0.2, 0.25) is 0 Å². The number of para-hydroxylation sites is 1. The first-order valence-electron chi connectivity index (χ1n) is 4.99. The third kappa shape index (κ3) is 1.54. The molecular formula is C11H13N3O2. The van der Waals surface area contributed by atoms with Crippen LogP contribution in [-0.4, -0.2) is 26.1 Å². The predicted octanol–water partition coefficient (Wildman–Crippen LogP) is 1.88. The summed E-state index contributed by atoms with van der Waals surface area (Å²) in [6, 6.07) is 5.00. The van der Waals surface area contributed by atoms with Crippen LogP contribution in [0.1, 0.15) is 31.1 Å². The molecule has 0 amide bonds. The number of nitrogens with zero attached hydrogens (tertiary/aromatic N) is 3. The van der Waals surface area contributed by atoms with Gasteiger partial charge in [0, 0.05) is 0 Å². The Hall–Kier alpha value is -1.91. The van der Waals surface area contributed by atoms with Gasteiger partial charge in [0.1, 0.15) is 11.0 Å². The van der Waals surface area contributed by atoms with Crippen molar-refractivity contribution in [1.29, 1.82) is 0 Å². The average Bonchev–Trinajstić information content (AvgIpc) is 2.59. The molecule has 5 heteroatoms. The quantitative estimate of drug-likeness (QED) is 0.795. The molecule has 0 saturated heterocycles. The number of hydrogen-bond acceptors (Lipinski definition) is 3. The van der Waals surface area contributed by atoms with Gasteiger partial charge < -0.3 is 5.11 Å². The molecule has 0 spiro atoms. The second-order valence-electron chi connectivity index (χ2n) is 4.65. The van der Waals surface area contributed by atoms with Crippen LogP contribution in [-0.2, 0) is 5.54 Å². The SMILES string of the molecule is CC(C)(C)n1nnc2cccc(C(=O)O)c21. The number of carbonyl (C=O) groups is 1. The molecule has 0 aliphatic heterocycles. The van der Waals surface area contributed by atoms with E-state index in [9.17, 15) is 4.79 Å². The minimum absolute atomic E-state index is 0.234. The van der Waals surface area contributed by atoms with E-state index in [0.717, 1.165) is 0 Å². The Morgan fingerprint density at radius 1 is 1.38 bits per heavy atom. The van der Waals surface area contributed by atoms with Gasteiger partial charge in [0.15, 0.2) is 0 Å². The van der Waals surface area contributed by atoms with Gasteiger partial charge in [-0.3, -0.25) is 0 Å². The second kappa shape index (κ2) is 3.30. The Balaban J connectivity index is 2.83. The molecule has 2 rings (SSSR count). The molecule has 1 aromatic heterocycles. The van der Waals surface area contributed by atoms with Crippen LogP contribution < -0.4 is 0 Å². The topological polar surface area (TPSA) is 68.0 Å². The molecule has 1 aromatic carbocycles. The van der Waals surface area contributed by atoms with Crippen LogP contribution in [0.2, 0.25) is 0 Å². The van der Waals surface area contributed by atoms with Crippen molar-refractivity contribution in [2.24, 2.45) is 0 Å². The average molecular weight is 219 g/mol. The zero-order chi connectivity index (χ0) is 11.9. The summed E-state index contributed by atoms with van der Waals surface area (Å²) >= 11 is 0. The Morgan fingerprint density at radius 3 is 2.62 bits per heavy atom. The molecule has 0 atom stereocenters. The van der Waals surface area contributed by atoms with Crippen molar-refractivity contribution in [2.45, 2.75) is 26.3 Å². The summed E-state index contributed by atoms with van der Waals surface area (Å²) < 4.78 is 1.64. The van der Waals surface area contributed by atoms with Gasteiger partial charge in [-0.05, 0) is 32.9 Å². The summed E-state index contributed by atoms with van der Waals surface area (Å²) in [4.78, 5) is 11.1. The Bertz CT molecular complexity index is 552. The number of carboxylic acid groups (broad SMARTS) is 1. The van der Waals surface area contributed by atoms with Gasteiger partial charge in [-0.1, -0.05) is 11.3 Å². The lowest BCUT2D eigenvalue weighted by Crippen LogP contribution is -2.24. The monoisotopic (exact) mass is 219 g/mol. The van der Waals surface area contributed by atoms with E-state index in [0.29, 0.717) is 11.0 Å². The second-order valence-corrected chi connectivity index (χ2v) is 4.65. The highest BCUT2D eigenvalue weighted by Crippen LogP contribution is 2.23. The summed E-state index contributed by atoms with van der Waals surface area (Å²) in [7, 11) is 0. The molecule has 1 heterocycles. The number of benzene rings is 1. The van der Waals surface area contributed by atoms with Crippen LogP contribution in [0.15, 0.2) is 18.2 Å². The maximum atomic E-state index is 11.1.